The minimum Gasteiger partial charge on any atom is -0.490 e. The smallest absolute Gasteiger partial charge is 0.273 e. The van der Waals surface area contributed by atoms with Crippen LogP contribution in [-0.4, -0.2) is 44.5 Å². The molecule has 1 aromatic carbocycles. The number of amides is 1. The fraction of sp³-hybridized carbons (Fsp3) is 0.174. The summed E-state index contributed by atoms with van der Waals surface area (Å²) in [6.45, 7) is 0.490. The van der Waals surface area contributed by atoms with Crippen molar-refractivity contribution in [3.05, 3.63) is 65.9 Å². The van der Waals surface area contributed by atoms with E-state index in [0.717, 1.165) is 29.4 Å². The van der Waals surface area contributed by atoms with Crippen LogP contribution >= 0.6 is 0 Å². The number of carbonyl (C=O) groups excluding carboxylic acids is 1. The first kappa shape index (κ1) is 21.3. The zero-order chi connectivity index (χ0) is 23.7. The number of para-hydroxylation sites is 1. The minimum atomic E-state index is -0.449. The molecule has 1 aliphatic rings. The lowest BCUT2D eigenvalue weighted by Crippen LogP contribution is -2.21. The van der Waals surface area contributed by atoms with Gasteiger partial charge in [-0.3, -0.25) is 9.48 Å². The third-order valence-corrected chi connectivity index (χ3v) is 5.28. The SMILES string of the molecule is CNC(=O)c1nnc(Nc2ccc(F)cn2)cc1Nc1cccc2c1OCCc1cn(C)nc1-2. The Morgan fingerprint density at radius 1 is 1.12 bits per heavy atom. The number of halogens is 1. The van der Waals surface area contributed by atoms with Gasteiger partial charge in [0.2, 0.25) is 0 Å². The van der Waals surface area contributed by atoms with Crippen molar-refractivity contribution >= 4 is 28.9 Å². The third kappa shape index (κ3) is 4.10. The molecule has 0 saturated carbocycles. The van der Waals surface area contributed by atoms with Crippen LogP contribution < -0.4 is 20.7 Å². The van der Waals surface area contributed by atoms with Gasteiger partial charge in [0.1, 0.15) is 11.6 Å². The van der Waals surface area contributed by atoms with Crippen molar-refractivity contribution in [3.63, 3.8) is 0 Å². The largest absolute Gasteiger partial charge is 0.490 e. The Hall–Kier alpha value is -4.54. The second kappa shape index (κ2) is 8.77. The van der Waals surface area contributed by atoms with E-state index >= 15 is 0 Å². The quantitative estimate of drug-likeness (QED) is 0.416. The van der Waals surface area contributed by atoms with Gasteiger partial charge in [-0.15, -0.1) is 10.2 Å². The summed E-state index contributed by atoms with van der Waals surface area (Å²) < 4.78 is 21.1. The van der Waals surface area contributed by atoms with E-state index < -0.39 is 11.7 Å². The molecule has 0 saturated heterocycles. The molecule has 34 heavy (non-hydrogen) atoms. The number of hydrogen-bond acceptors (Lipinski definition) is 8. The third-order valence-electron chi connectivity index (χ3n) is 5.28. The van der Waals surface area contributed by atoms with Crippen molar-refractivity contribution in [1.29, 1.82) is 0 Å². The fourth-order valence-electron chi connectivity index (χ4n) is 3.75. The zero-order valence-electron chi connectivity index (χ0n) is 18.5. The number of hydrogen-bond donors (Lipinski definition) is 3. The minimum absolute atomic E-state index is 0.102. The Morgan fingerprint density at radius 2 is 2.00 bits per heavy atom. The van der Waals surface area contributed by atoms with Crippen LogP contribution in [0.15, 0.2) is 48.8 Å². The molecule has 0 fully saturated rings. The topological polar surface area (TPSA) is 119 Å². The molecule has 0 spiro atoms. The summed E-state index contributed by atoms with van der Waals surface area (Å²) in [5, 5.41) is 21.6. The number of aryl methyl sites for hydroxylation is 1. The van der Waals surface area contributed by atoms with Crippen molar-refractivity contribution in [2.75, 3.05) is 24.3 Å². The molecule has 1 aliphatic heterocycles. The Kier molecular flexibility index (Phi) is 5.50. The van der Waals surface area contributed by atoms with Crippen LogP contribution in [0.3, 0.4) is 0 Å². The molecule has 5 rings (SSSR count). The predicted octanol–water partition coefficient (Wildman–Crippen LogP) is 3.19. The molecule has 3 aromatic heterocycles. The number of nitrogens with one attached hydrogen (secondary N) is 3. The molecule has 172 valence electrons. The highest BCUT2D eigenvalue weighted by molar-refractivity contribution is 5.99. The van der Waals surface area contributed by atoms with Gasteiger partial charge in [0.15, 0.2) is 17.3 Å². The summed E-state index contributed by atoms with van der Waals surface area (Å²) in [7, 11) is 3.41. The van der Waals surface area contributed by atoms with Gasteiger partial charge in [-0.25, -0.2) is 9.37 Å². The molecule has 0 aliphatic carbocycles. The van der Waals surface area contributed by atoms with Crippen LogP contribution in [0.5, 0.6) is 5.75 Å². The Labute approximate surface area is 194 Å². The normalized spacial score (nSPS) is 12.1. The van der Waals surface area contributed by atoms with Crippen LogP contribution in [0.4, 0.5) is 27.4 Å². The molecular weight excluding hydrogens is 439 g/mol. The molecule has 0 bridgehead atoms. The number of nitrogens with zero attached hydrogens (tertiary/aromatic N) is 5. The number of pyridine rings is 1. The molecule has 0 unspecified atom stereocenters. The average molecular weight is 460 g/mol. The molecule has 0 atom stereocenters. The number of rotatable bonds is 5. The lowest BCUT2D eigenvalue weighted by Gasteiger charge is -2.16. The van der Waals surface area contributed by atoms with Crippen molar-refractivity contribution in [2.24, 2.45) is 7.05 Å². The van der Waals surface area contributed by atoms with Gasteiger partial charge in [0.25, 0.3) is 5.91 Å². The van der Waals surface area contributed by atoms with E-state index in [0.29, 0.717) is 35.4 Å². The van der Waals surface area contributed by atoms with Gasteiger partial charge in [0, 0.05) is 43.9 Å². The molecule has 10 nitrogen and oxygen atoms in total. The van der Waals surface area contributed by atoms with E-state index in [1.165, 1.54) is 19.2 Å². The van der Waals surface area contributed by atoms with Crippen LogP contribution in [0.1, 0.15) is 16.1 Å². The number of fused-ring (bicyclic) bond motifs is 3. The number of carbonyl (C=O) groups is 1. The maximum atomic E-state index is 13.2. The second-order valence-corrected chi connectivity index (χ2v) is 7.64. The van der Waals surface area contributed by atoms with E-state index in [1.54, 1.807) is 10.7 Å². The van der Waals surface area contributed by atoms with Gasteiger partial charge in [-0.1, -0.05) is 6.07 Å². The average Bonchev–Trinajstić information content (AvgIpc) is 3.12. The fourth-order valence-corrected chi connectivity index (χ4v) is 3.75. The van der Waals surface area contributed by atoms with Crippen molar-refractivity contribution in [1.82, 2.24) is 30.3 Å². The first-order valence-electron chi connectivity index (χ1n) is 10.6. The summed E-state index contributed by atoms with van der Waals surface area (Å²) >= 11 is 0. The lowest BCUT2D eigenvalue weighted by atomic mass is 10.1. The predicted molar refractivity (Wildman–Crippen MR) is 124 cm³/mol. The van der Waals surface area contributed by atoms with Crippen LogP contribution in [-0.2, 0) is 13.5 Å². The summed E-state index contributed by atoms with van der Waals surface area (Å²) in [4.78, 5) is 16.4. The van der Waals surface area contributed by atoms with E-state index in [9.17, 15) is 9.18 Å². The molecule has 3 N–H and O–H groups in total. The monoisotopic (exact) mass is 460 g/mol. The molecule has 4 aromatic rings. The maximum absolute atomic E-state index is 13.2. The van der Waals surface area contributed by atoms with E-state index in [4.69, 9.17) is 4.74 Å². The second-order valence-electron chi connectivity index (χ2n) is 7.64. The number of benzene rings is 1. The van der Waals surface area contributed by atoms with Crippen LogP contribution in [0.2, 0.25) is 0 Å². The highest BCUT2D eigenvalue weighted by atomic mass is 19.1. The molecule has 4 heterocycles. The Morgan fingerprint density at radius 3 is 2.79 bits per heavy atom. The van der Waals surface area contributed by atoms with E-state index in [-0.39, 0.29) is 5.69 Å². The molecule has 0 radical (unpaired) electrons. The standard InChI is InChI=1S/C23H21FN8O2/c1-25-23(33)21-17(10-19(29-30-21)28-18-7-6-14(24)11-26-18)27-16-5-3-4-15-20-13(12-32(2)31-20)8-9-34-22(15)16/h3-7,10-12H,8-9H2,1-2H3,(H,25,33)(H2,26,27,28,29). The van der Waals surface area contributed by atoms with Gasteiger partial charge in [-0.2, -0.15) is 5.10 Å². The van der Waals surface area contributed by atoms with Crippen LogP contribution in [0, 0.1) is 5.82 Å². The maximum Gasteiger partial charge on any atom is 0.273 e. The number of ether oxygens (including phenoxy) is 1. The molecular formula is C23H21FN8O2. The van der Waals surface area contributed by atoms with Gasteiger partial charge in [-0.05, 0) is 24.3 Å². The number of anilines is 4. The summed E-state index contributed by atoms with van der Waals surface area (Å²) in [6.07, 6.45) is 3.82. The highest BCUT2D eigenvalue weighted by Crippen LogP contribution is 2.41. The first-order chi connectivity index (χ1) is 16.5. The van der Waals surface area contributed by atoms with Gasteiger partial charge in [0.05, 0.1) is 29.9 Å². The van der Waals surface area contributed by atoms with Gasteiger partial charge < -0.3 is 20.7 Å². The Bertz CT molecular complexity index is 1370. The van der Waals surface area contributed by atoms with Crippen LogP contribution in [0.25, 0.3) is 11.3 Å². The molecule has 11 heteroatoms. The zero-order valence-corrected chi connectivity index (χ0v) is 18.5. The first-order valence-corrected chi connectivity index (χ1v) is 10.6. The highest BCUT2D eigenvalue weighted by Gasteiger charge is 2.23. The Balaban J connectivity index is 1.53. The molecule has 1 amide bonds. The lowest BCUT2D eigenvalue weighted by molar-refractivity contribution is 0.0958. The van der Waals surface area contributed by atoms with E-state index in [2.05, 4.69) is 36.2 Å². The van der Waals surface area contributed by atoms with Crippen molar-refractivity contribution in [3.8, 4) is 17.0 Å². The summed E-state index contributed by atoms with van der Waals surface area (Å²) in [6, 6.07) is 10.1. The summed E-state index contributed by atoms with van der Waals surface area (Å²) in [5.74, 6) is 0.485. The van der Waals surface area contributed by atoms with Crippen molar-refractivity contribution in [2.45, 2.75) is 6.42 Å². The van der Waals surface area contributed by atoms with Crippen molar-refractivity contribution < 1.29 is 13.9 Å². The van der Waals surface area contributed by atoms with E-state index in [1.807, 2.05) is 31.4 Å². The number of aromatic nitrogens is 5. The summed E-state index contributed by atoms with van der Waals surface area (Å²) in [5.41, 5.74) is 3.98. The van der Waals surface area contributed by atoms with Gasteiger partial charge >= 0.3 is 0 Å².